The molecule has 0 aliphatic heterocycles. The molecule has 1 aromatic heterocycles. The number of aliphatic hydroxyl groups is 1. The van der Waals surface area contributed by atoms with Crippen LogP contribution in [0.3, 0.4) is 0 Å². The largest absolute Gasteiger partial charge is 0.481 e. The second-order valence-electron chi connectivity index (χ2n) is 21.8. The maximum atomic E-state index is 14.4. The SMILES string of the molecule is CC(C)C1=C2C3CC[C@@H]4[C@@]5(C)CC[C@H](OC(=O)CC(C)(C)C(=O)O)C(C)(C)[C@@H]5CC[C@@]4(C)[C@]3(C)CC[C@@]2([C@H](O)c2nnc(-c3ccc(F)cc3)n2CCN(C)C)CC1=O. The number of carbonyl (C=O) groups excluding carboxylic acids is 2. The molecule has 0 radical (unpaired) electrons. The van der Waals surface area contributed by atoms with Gasteiger partial charge < -0.3 is 24.4 Å². The van der Waals surface area contributed by atoms with Gasteiger partial charge in [0.1, 0.15) is 18.0 Å². The van der Waals surface area contributed by atoms with Gasteiger partial charge in [-0.15, -0.1) is 10.2 Å². The van der Waals surface area contributed by atoms with Crippen molar-refractivity contribution in [3.05, 3.63) is 47.1 Å². The summed E-state index contributed by atoms with van der Waals surface area (Å²) >= 11 is 0. The van der Waals surface area contributed by atoms with Crippen LogP contribution in [0.15, 0.2) is 35.4 Å². The van der Waals surface area contributed by atoms with E-state index in [9.17, 15) is 29.0 Å². The van der Waals surface area contributed by atoms with Gasteiger partial charge >= 0.3 is 11.9 Å². The molecule has 0 spiro atoms. The number of nitrogens with zero attached hydrogens (tertiary/aromatic N) is 4. The Balaban J connectivity index is 1.23. The summed E-state index contributed by atoms with van der Waals surface area (Å²) in [6, 6.07) is 6.23. The van der Waals surface area contributed by atoms with Crippen LogP contribution in [0.25, 0.3) is 11.4 Å². The number of aromatic nitrogens is 3. The normalized spacial score (nSPS) is 34.6. The van der Waals surface area contributed by atoms with Crippen LogP contribution in [0.1, 0.15) is 138 Å². The lowest BCUT2D eigenvalue weighted by molar-refractivity contribution is -0.235. The van der Waals surface area contributed by atoms with Crippen molar-refractivity contribution in [2.75, 3.05) is 20.6 Å². The topological polar surface area (TPSA) is 135 Å². The Bertz CT molecular complexity index is 2020. The minimum Gasteiger partial charge on any atom is -0.481 e. The van der Waals surface area contributed by atoms with Crippen molar-refractivity contribution >= 4 is 17.7 Å². The van der Waals surface area contributed by atoms with Crippen molar-refractivity contribution in [1.29, 1.82) is 0 Å². The lowest BCUT2D eigenvalue weighted by Gasteiger charge is -2.72. The van der Waals surface area contributed by atoms with E-state index in [1.165, 1.54) is 12.1 Å². The monoisotopic (exact) mass is 817 g/mol. The summed E-state index contributed by atoms with van der Waals surface area (Å²) in [7, 11) is 4.00. The van der Waals surface area contributed by atoms with Gasteiger partial charge in [-0.05, 0) is 155 Å². The molecule has 2 N–H and O–H groups in total. The minimum atomic E-state index is -1.19. The molecule has 9 atom stereocenters. The third-order valence-electron chi connectivity index (χ3n) is 17.3. The molecule has 5 aliphatic rings. The summed E-state index contributed by atoms with van der Waals surface area (Å²) < 4.78 is 22.2. The number of fused-ring (bicyclic) bond motifs is 7. The molecule has 1 aromatic carbocycles. The van der Waals surface area contributed by atoms with Gasteiger partial charge in [0, 0.05) is 35.9 Å². The highest BCUT2D eigenvalue weighted by Crippen LogP contribution is 2.77. The molecule has 4 saturated carbocycles. The second kappa shape index (κ2) is 14.9. The quantitative estimate of drug-likeness (QED) is 0.213. The van der Waals surface area contributed by atoms with Crippen molar-refractivity contribution in [3.63, 3.8) is 0 Å². The van der Waals surface area contributed by atoms with Crippen molar-refractivity contribution < 1.29 is 33.7 Å². The molecule has 59 heavy (non-hydrogen) atoms. The molecule has 7 rings (SSSR count). The summed E-state index contributed by atoms with van der Waals surface area (Å²) in [6.45, 7) is 20.6. The van der Waals surface area contributed by atoms with E-state index in [-0.39, 0.29) is 64.0 Å². The number of hydrogen-bond acceptors (Lipinski definition) is 8. The van der Waals surface area contributed by atoms with Crippen LogP contribution in [-0.4, -0.2) is 74.3 Å². The number of allylic oxidation sites excluding steroid dienone is 1. The number of hydrogen-bond donors (Lipinski definition) is 2. The summed E-state index contributed by atoms with van der Waals surface area (Å²) in [5.74, 6) is 0.260. The molecule has 5 aliphatic carbocycles. The van der Waals surface area contributed by atoms with Gasteiger partial charge in [0.05, 0.1) is 11.8 Å². The number of rotatable bonds is 11. The average Bonchev–Trinajstić information content (AvgIpc) is 3.70. The molecule has 324 valence electrons. The number of ether oxygens (including phenoxy) is 1. The number of carbonyl (C=O) groups is 3. The van der Waals surface area contributed by atoms with Crippen LogP contribution in [0, 0.1) is 62.0 Å². The van der Waals surface area contributed by atoms with Crippen molar-refractivity contribution in [2.24, 2.45) is 56.2 Å². The van der Waals surface area contributed by atoms with Gasteiger partial charge in [-0.2, -0.15) is 0 Å². The predicted octanol–water partition coefficient (Wildman–Crippen LogP) is 9.07. The van der Waals surface area contributed by atoms with Crippen LogP contribution >= 0.6 is 0 Å². The standard InChI is InChI=1S/C48H69FN4O6/c1-28(2)37-32(54)26-48(39(56)41-51-50-40(53(41)25-24-52(10)11)29-12-14-30(49)15-13-29)23-22-46(8)31(38(37)48)16-17-34-45(7)20-19-35(59-36(55)27-43(3,4)42(57)58)44(5,6)33(45)18-21-47(34,46)9/h12-15,28,31,33-35,39,56H,16-27H2,1-11H3,(H,57,58)/t31?,33-,34+,35-,39+,45-,46+,47+,48+/m0/s1. The molecule has 0 bridgehead atoms. The molecular formula is C48H69FN4O6. The number of likely N-dealkylation sites (N-methyl/N-ethyl adjacent to an activating group) is 1. The minimum absolute atomic E-state index is 0.00212. The third kappa shape index (κ3) is 6.74. The van der Waals surface area contributed by atoms with Gasteiger partial charge in [-0.3, -0.25) is 14.4 Å². The molecule has 1 unspecified atom stereocenters. The van der Waals surface area contributed by atoms with E-state index in [1.54, 1.807) is 26.0 Å². The summed E-state index contributed by atoms with van der Waals surface area (Å²) in [4.78, 5) is 41.5. The maximum absolute atomic E-state index is 14.4. The molecule has 11 heteroatoms. The summed E-state index contributed by atoms with van der Waals surface area (Å²) in [6.07, 6.45) is 5.96. The van der Waals surface area contributed by atoms with Gasteiger partial charge in [-0.1, -0.05) is 48.5 Å². The maximum Gasteiger partial charge on any atom is 0.309 e. The van der Waals surface area contributed by atoms with E-state index < -0.39 is 28.9 Å². The fraction of sp³-hybridized carbons (Fsp3) is 0.729. The Morgan fingerprint density at radius 3 is 2.25 bits per heavy atom. The molecule has 4 fully saturated rings. The summed E-state index contributed by atoms with van der Waals surface area (Å²) in [5.41, 5.74) is 0.345. The zero-order valence-electron chi connectivity index (χ0n) is 37.5. The molecular weight excluding hydrogens is 748 g/mol. The number of benzene rings is 1. The van der Waals surface area contributed by atoms with Gasteiger partial charge in [0.15, 0.2) is 17.4 Å². The number of ketones is 1. The molecule has 0 amide bonds. The number of aliphatic hydroxyl groups excluding tert-OH is 1. The van der Waals surface area contributed by atoms with E-state index in [1.807, 2.05) is 18.7 Å². The smallest absolute Gasteiger partial charge is 0.309 e. The first-order valence-electron chi connectivity index (χ1n) is 22.2. The zero-order chi connectivity index (χ0) is 43.2. The van der Waals surface area contributed by atoms with Crippen molar-refractivity contribution in [1.82, 2.24) is 19.7 Å². The average molecular weight is 817 g/mol. The van der Waals surface area contributed by atoms with Crippen LogP contribution in [-0.2, 0) is 25.7 Å². The predicted molar refractivity (Wildman–Crippen MR) is 224 cm³/mol. The fourth-order valence-electron chi connectivity index (χ4n) is 13.9. The number of Topliss-reactive ketones (excluding diaryl/α,β-unsaturated/α-hetero) is 1. The second-order valence-corrected chi connectivity index (χ2v) is 21.8. The number of aliphatic carboxylic acids is 1. The Morgan fingerprint density at radius 1 is 0.949 bits per heavy atom. The van der Waals surface area contributed by atoms with Crippen LogP contribution in [0.2, 0.25) is 0 Å². The lowest BCUT2D eigenvalue weighted by Crippen LogP contribution is -2.66. The summed E-state index contributed by atoms with van der Waals surface area (Å²) in [5, 5.41) is 31.9. The molecule has 10 nitrogen and oxygen atoms in total. The van der Waals surface area contributed by atoms with E-state index in [2.05, 4.69) is 58.5 Å². The van der Waals surface area contributed by atoms with Crippen molar-refractivity contribution in [2.45, 2.75) is 145 Å². The number of esters is 1. The Labute approximate surface area is 350 Å². The highest BCUT2D eigenvalue weighted by molar-refractivity contribution is 6.00. The Kier molecular flexibility index (Phi) is 11.0. The highest BCUT2D eigenvalue weighted by atomic mass is 19.1. The lowest BCUT2D eigenvalue weighted by atomic mass is 9.33. The van der Waals surface area contributed by atoms with Gasteiger partial charge in [0.2, 0.25) is 0 Å². The number of carboxylic acid groups (broad SMARTS) is 1. The highest BCUT2D eigenvalue weighted by Gasteiger charge is 2.71. The van der Waals surface area contributed by atoms with Crippen LogP contribution in [0.5, 0.6) is 0 Å². The Morgan fingerprint density at radius 2 is 1.63 bits per heavy atom. The molecule has 1 heterocycles. The van der Waals surface area contributed by atoms with Crippen LogP contribution in [0.4, 0.5) is 4.39 Å². The first-order valence-corrected chi connectivity index (χ1v) is 22.2. The first-order chi connectivity index (χ1) is 27.4. The third-order valence-corrected chi connectivity index (χ3v) is 17.3. The fourth-order valence-corrected chi connectivity index (χ4v) is 13.9. The van der Waals surface area contributed by atoms with Crippen molar-refractivity contribution in [3.8, 4) is 11.4 Å². The molecule has 0 saturated heterocycles. The van der Waals surface area contributed by atoms with E-state index in [4.69, 9.17) is 9.84 Å². The van der Waals surface area contributed by atoms with E-state index in [0.29, 0.717) is 43.0 Å². The zero-order valence-corrected chi connectivity index (χ0v) is 37.5. The first kappa shape index (κ1) is 43.6. The number of carboxylic acids is 1. The Hall–Kier alpha value is -3.44. The molecule has 2 aromatic rings. The van der Waals surface area contributed by atoms with E-state index >= 15 is 0 Å². The van der Waals surface area contributed by atoms with Gasteiger partial charge in [0.25, 0.3) is 0 Å². The number of halogens is 1. The van der Waals surface area contributed by atoms with E-state index in [0.717, 1.165) is 61.7 Å². The van der Waals surface area contributed by atoms with Gasteiger partial charge in [-0.25, -0.2) is 4.39 Å². The van der Waals surface area contributed by atoms with Crippen LogP contribution < -0.4 is 0 Å².